The molecule has 1 aromatic rings. The second-order valence-electron chi connectivity index (χ2n) is 3.15. The molecule has 0 saturated heterocycles. The monoisotopic (exact) mass is 208 g/mol. The molecule has 0 fully saturated rings. The number of nitrogens with zero attached hydrogens (tertiary/aromatic N) is 2. The summed E-state index contributed by atoms with van der Waals surface area (Å²) in [5.74, 6) is 0. The van der Waals surface area contributed by atoms with Crippen molar-refractivity contribution >= 4 is 0 Å². The predicted octanol–water partition coefficient (Wildman–Crippen LogP) is 1.63. The van der Waals surface area contributed by atoms with Crippen LogP contribution in [0.1, 0.15) is 23.1 Å². The van der Waals surface area contributed by atoms with Gasteiger partial charge in [-0.25, -0.2) is 0 Å². The zero-order valence-electron chi connectivity index (χ0n) is 8.05. The molecule has 0 aliphatic rings. The van der Waals surface area contributed by atoms with Crippen LogP contribution in [0.5, 0.6) is 0 Å². The summed E-state index contributed by atoms with van der Waals surface area (Å²) in [6.45, 7) is 2.93. The lowest BCUT2D eigenvalue weighted by Crippen LogP contribution is -2.21. The Morgan fingerprint density at radius 3 is 2.14 bits per heavy atom. The van der Waals surface area contributed by atoms with Crippen molar-refractivity contribution in [2.24, 2.45) is 7.05 Å². The molecule has 1 unspecified atom stereocenters. The Morgan fingerprint density at radius 1 is 1.36 bits per heavy atom. The number of hydrogen-bond acceptors (Lipinski definition) is 2. The number of aliphatic hydroxyl groups is 1. The molecule has 0 saturated carbocycles. The average Bonchev–Trinajstić information content (AvgIpc) is 2.24. The SMILES string of the molecule is Cc1nn(C)c(C)c1C(O)C(F)(F)F. The smallest absolute Gasteiger partial charge is 0.379 e. The first-order chi connectivity index (χ1) is 6.25. The van der Waals surface area contributed by atoms with Crippen molar-refractivity contribution in [2.75, 3.05) is 0 Å². The van der Waals surface area contributed by atoms with E-state index in [9.17, 15) is 13.2 Å². The molecule has 1 aromatic heterocycles. The second kappa shape index (κ2) is 3.27. The van der Waals surface area contributed by atoms with Crippen molar-refractivity contribution in [1.29, 1.82) is 0 Å². The van der Waals surface area contributed by atoms with Crippen LogP contribution in [-0.2, 0) is 7.05 Å². The van der Waals surface area contributed by atoms with Crippen LogP contribution in [0.15, 0.2) is 0 Å². The van der Waals surface area contributed by atoms with Gasteiger partial charge in [0.05, 0.1) is 5.69 Å². The van der Waals surface area contributed by atoms with Gasteiger partial charge in [0.15, 0.2) is 6.10 Å². The maximum absolute atomic E-state index is 12.2. The number of hydrogen-bond donors (Lipinski definition) is 1. The highest BCUT2D eigenvalue weighted by atomic mass is 19.4. The maximum atomic E-state index is 12.2. The topological polar surface area (TPSA) is 38.0 Å². The molecule has 0 aliphatic carbocycles. The van der Waals surface area contributed by atoms with E-state index in [0.717, 1.165) is 0 Å². The van der Waals surface area contributed by atoms with Gasteiger partial charge in [0.1, 0.15) is 0 Å². The first kappa shape index (κ1) is 11.0. The molecule has 3 nitrogen and oxygen atoms in total. The van der Waals surface area contributed by atoms with Gasteiger partial charge in [0.25, 0.3) is 0 Å². The molecule has 0 aliphatic heterocycles. The van der Waals surface area contributed by atoms with Crippen LogP contribution in [0.4, 0.5) is 13.2 Å². The van der Waals surface area contributed by atoms with E-state index in [1.54, 1.807) is 0 Å². The van der Waals surface area contributed by atoms with Crippen LogP contribution in [0.3, 0.4) is 0 Å². The molecule has 0 amide bonds. The van der Waals surface area contributed by atoms with Crippen LogP contribution in [0.2, 0.25) is 0 Å². The minimum atomic E-state index is -4.64. The summed E-state index contributed by atoms with van der Waals surface area (Å²) < 4.78 is 38.0. The van der Waals surface area contributed by atoms with Gasteiger partial charge < -0.3 is 5.11 Å². The van der Waals surface area contributed by atoms with Gasteiger partial charge in [-0.2, -0.15) is 18.3 Å². The van der Waals surface area contributed by atoms with Gasteiger partial charge >= 0.3 is 6.18 Å². The summed E-state index contributed by atoms with van der Waals surface area (Å²) in [7, 11) is 1.54. The lowest BCUT2D eigenvalue weighted by molar-refractivity contribution is -0.207. The Labute approximate surface area is 79.2 Å². The summed E-state index contributed by atoms with van der Waals surface area (Å²) in [5.41, 5.74) is 0.377. The van der Waals surface area contributed by atoms with Crippen molar-refractivity contribution < 1.29 is 18.3 Å². The lowest BCUT2D eigenvalue weighted by Gasteiger charge is -2.14. The quantitative estimate of drug-likeness (QED) is 0.761. The summed E-state index contributed by atoms with van der Waals surface area (Å²) in [6, 6.07) is 0. The van der Waals surface area contributed by atoms with Gasteiger partial charge in [-0.1, -0.05) is 0 Å². The number of alkyl halides is 3. The summed E-state index contributed by atoms with van der Waals surface area (Å²) >= 11 is 0. The number of aliphatic hydroxyl groups excluding tert-OH is 1. The Hall–Kier alpha value is -1.04. The van der Waals surface area contributed by atoms with E-state index >= 15 is 0 Å². The Bertz CT molecular complexity index is 343. The molecule has 1 N–H and O–H groups in total. The molecule has 0 radical (unpaired) electrons. The molecule has 1 atom stereocenters. The minimum absolute atomic E-state index is 0.153. The first-order valence-electron chi connectivity index (χ1n) is 4.00. The van der Waals surface area contributed by atoms with Gasteiger partial charge in [-0.05, 0) is 13.8 Å². The van der Waals surface area contributed by atoms with Crippen molar-refractivity contribution in [3.05, 3.63) is 17.0 Å². The average molecular weight is 208 g/mol. The van der Waals surface area contributed by atoms with Crippen molar-refractivity contribution in [3.8, 4) is 0 Å². The highest BCUT2D eigenvalue weighted by Gasteiger charge is 2.42. The third kappa shape index (κ3) is 1.75. The van der Waals surface area contributed by atoms with Gasteiger partial charge in [-0.3, -0.25) is 4.68 Å². The standard InChI is InChI=1S/C8H11F3N2O/c1-4-6(5(2)13(3)12-4)7(14)8(9,10)11/h7,14H,1-3H3. The minimum Gasteiger partial charge on any atom is -0.379 e. The molecular formula is C8H11F3N2O. The highest BCUT2D eigenvalue weighted by molar-refractivity contribution is 5.27. The van der Waals surface area contributed by atoms with Crippen LogP contribution in [0.25, 0.3) is 0 Å². The number of halogens is 3. The predicted molar refractivity (Wildman–Crippen MR) is 43.7 cm³/mol. The molecular weight excluding hydrogens is 197 g/mol. The zero-order valence-corrected chi connectivity index (χ0v) is 8.05. The van der Waals surface area contributed by atoms with Crippen molar-refractivity contribution in [2.45, 2.75) is 26.1 Å². The Morgan fingerprint density at radius 2 is 1.86 bits per heavy atom. The number of aromatic nitrogens is 2. The molecule has 80 valence electrons. The zero-order chi connectivity index (χ0) is 11.1. The highest BCUT2D eigenvalue weighted by Crippen LogP contribution is 2.35. The van der Waals surface area contributed by atoms with Crippen LogP contribution in [-0.4, -0.2) is 21.1 Å². The van der Waals surface area contributed by atoms with Gasteiger partial charge in [0, 0.05) is 18.3 Å². The van der Waals surface area contributed by atoms with E-state index in [2.05, 4.69) is 5.10 Å². The van der Waals surface area contributed by atoms with E-state index < -0.39 is 12.3 Å². The molecule has 0 aromatic carbocycles. The fourth-order valence-electron chi connectivity index (χ4n) is 1.35. The van der Waals surface area contributed by atoms with Crippen molar-refractivity contribution in [3.63, 3.8) is 0 Å². The summed E-state index contributed by atoms with van der Waals surface area (Å²) in [6.07, 6.45) is -7.09. The second-order valence-corrected chi connectivity index (χ2v) is 3.15. The maximum Gasteiger partial charge on any atom is 0.418 e. The lowest BCUT2D eigenvalue weighted by atomic mass is 10.1. The van der Waals surface area contributed by atoms with E-state index in [1.807, 2.05) is 0 Å². The molecule has 6 heteroatoms. The fourth-order valence-corrected chi connectivity index (χ4v) is 1.35. The largest absolute Gasteiger partial charge is 0.418 e. The molecule has 1 rings (SSSR count). The van der Waals surface area contributed by atoms with E-state index in [0.29, 0.717) is 5.69 Å². The summed E-state index contributed by atoms with van der Waals surface area (Å²) in [5, 5.41) is 12.9. The number of rotatable bonds is 1. The third-order valence-electron chi connectivity index (χ3n) is 2.15. The number of aryl methyl sites for hydroxylation is 2. The van der Waals surface area contributed by atoms with Crippen molar-refractivity contribution in [1.82, 2.24) is 9.78 Å². The fraction of sp³-hybridized carbons (Fsp3) is 0.625. The van der Waals surface area contributed by atoms with E-state index in [1.165, 1.54) is 25.6 Å². The Balaban J connectivity index is 3.19. The molecule has 1 heterocycles. The van der Waals surface area contributed by atoms with Gasteiger partial charge in [-0.15, -0.1) is 0 Å². The normalized spacial score (nSPS) is 14.5. The van der Waals surface area contributed by atoms with E-state index in [-0.39, 0.29) is 11.3 Å². The third-order valence-corrected chi connectivity index (χ3v) is 2.15. The summed E-state index contributed by atoms with van der Waals surface area (Å²) in [4.78, 5) is 0. The van der Waals surface area contributed by atoms with Crippen LogP contribution < -0.4 is 0 Å². The molecule has 14 heavy (non-hydrogen) atoms. The first-order valence-corrected chi connectivity index (χ1v) is 4.00. The van der Waals surface area contributed by atoms with Crippen LogP contribution in [0, 0.1) is 13.8 Å². The van der Waals surface area contributed by atoms with Gasteiger partial charge in [0.2, 0.25) is 0 Å². The van der Waals surface area contributed by atoms with Crippen LogP contribution >= 0.6 is 0 Å². The van der Waals surface area contributed by atoms with E-state index in [4.69, 9.17) is 5.11 Å². The Kier molecular flexibility index (Phi) is 2.58. The molecule has 0 bridgehead atoms. The molecule has 0 spiro atoms.